The summed E-state index contributed by atoms with van der Waals surface area (Å²) in [4.78, 5) is 20.3. The molecule has 118 valence electrons. The van der Waals surface area contributed by atoms with Crippen LogP contribution in [0.5, 0.6) is 0 Å². The number of carbonyl (C=O) groups is 1. The average molecular weight is 395 g/mol. The highest BCUT2D eigenvalue weighted by Crippen LogP contribution is 2.24. The van der Waals surface area contributed by atoms with Gasteiger partial charge in [0.05, 0.1) is 19.2 Å². The zero-order valence-electron chi connectivity index (χ0n) is 12.5. The first kappa shape index (κ1) is 16.0. The third-order valence-corrected chi connectivity index (χ3v) is 4.39. The fraction of sp³-hybridized carbons (Fsp3) is 0.188. The molecule has 0 unspecified atom stereocenters. The molecular formula is C16H13BrClN3O2. The number of pyridine rings is 1. The summed E-state index contributed by atoms with van der Waals surface area (Å²) in [6.45, 7) is 2.47. The number of fused-ring (bicyclic) bond motifs is 1. The lowest BCUT2D eigenvalue weighted by molar-refractivity contribution is 0.0594. The van der Waals surface area contributed by atoms with Crippen LogP contribution in [-0.4, -0.2) is 27.6 Å². The highest BCUT2D eigenvalue weighted by atomic mass is 79.9. The number of hydrogen-bond acceptors (Lipinski definition) is 4. The molecule has 2 aromatic heterocycles. The molecule has 2 heterocycles. The van der Waals surface area contributed by atoms with Gasteiger partial charge in [-0.15, -0.1) is 0 Å². The number of imidazole rings is 1. The van der Waals surface area contributed by atoms with Gasteiger partial charge in [0, 0.05) is 9.50 Å². The molecule has 0 N–H and O–H groups in total. The second-order valence-corrected chi connectivity index (χ2v) is 6.33. The Morgan fingerprint density at radius 1 is 1.30 bits per heavy atom. The first-order valence-corrected chi connectivity index (χ1v) is 8.03. The van der Waals surface area contributed by atoms with Crippen molar-refractivity contribution in [1.29, 1.82) is 0 Å². The van der Waals surface area contributed by atoms with Crippen molar-refractivity contribution in [3.05, 3.63) is 56.9 Å². The van der Waals surface area contributed by atoms with Crippen LogP contribution in [-0.2, 0) is 11.3 Å². The molecule has 3 aromatic rings. The number of ether oxygens (including phenoxy) is 1. The lowest BCUT2D eigenvalue weighted by Gasteiger charge is -2.09. The van der Waals surface area contributed by atoms with Gasteiger partial charge in [-0.3, -0.25) is 0 Å². The van der Waals surface area contributed by atoms with Crippen molar-refractivity contribution >= 4 is 44.7 Å². The van der Waals surface area contributed by atoms with E-state index in [1.54, 1.807) is 6.07 Å². The molecular weight excluding hydrogens is 382 g/mol. The Bertz CT molecular complexity index is 908. The van der Waals surface area contributed by atoms with Crippen LogP contribution >= 0.6 is 27.5 Å². The first-order chi connectivity index (χ1) is 11.0. The second-order valence-electron chi connectivity index (χ2n) is 5.01. The molecule has 23 heavy (non-hydrogen) atoms. The average Bonchev–Trinajstić information content (AvgIpc) is 2.84. The lowest BCUT2D eigenvalue weighted by Crippen LogP contribution is -2.05. The van der Waals surface area contributed by atoms with Crippen molar-refractivity contribution in [2.45, 2.75) is 13.5 Å². The summed E-state index contributed by atoms with van der Waals surface area (Å²) >= 11 is 9.69. The van der Waals surface area contributed by atoms with E-state index in [0.717, 1.165) is 21.4 Å². The largest absolute Gasteiger partial charge is 0.464 e. The maximum absolute atomic E-state index is 11.6. The molecule has 0 fully saturated rings. The van der Waals surface area contributed by atoms with Crippen LogP contribution in [0.15, 0.2) is 34.8 Å². The van der Waals surface area contributed by atoms with Crippen LogP contribution in [0.4, 0.5) is 0 Å². The van der Waals surface area contributed by atoms with E-state index in [2.05, 4.69) is 30.6 Å². The van der Waals surface area contributed by atoms with E-state index >= 15 is 0 Å². The maximum atomic E-state index is 11.6. The summed E-state index contributed by atoms with van der Waals surface area (Å²) in [5.74, 6) is 0.323. The number of nitrogens with zero attached hydrogens (tertiary/aromatic N) is 3. The smallest absolute Gasteiger partial charge is 0.356 e. The lowest BCUT2D eigenvalue weighted by atomic mass is 10.2. The number of hydrogen-bond donors (Lipinski definition) is 0. The van der Waals surface area contributed by atoms with Crippen LogP contribution in [0, 0.1) is 6.92 Å². The van der Waals surface area contributed by atoms with Crippen LogP contribution in [0.2, 0.25) is 5.02 Å². The number of halogens is 2. The maximum Gasteiger partial charge on any atom is 0.356 e. The predicted octanol–water partition coefficient (Wildman–Crippen LogP) is 3.99. The van der Waals surface area contributed by atoms with Crippen molar-refractivity contribution < 1.29 is 9.53 Å². The standard InChI is InChI=1S/C16H13BrClN3O2/c1-9-19-15-14(6-5-13(20-15)16(22)23-2)21(9)8-10-3-4-11(17)7-12(10)18/h3-7H,8H2,1-2H3. The number of benzene rings is 1. The summed E-state index contributed by atoms with van der Waals surface area (Å²) in [6.07, 6.45) is 0. The zero-order valence-corrected chi connectivity index (χ0v) is 14.8. The summed E-state index contributed by atoms with van der Waals surface area (Å²) in [6, 6.07) is 9.23. The van der Waals surface area contributed by atoms with E-state index in [9.17, 15) is 4.79 Å². The van der Waals surface area contributed by atoms with E-state index in [0.29, 0.717) is 17.2 Å². The Kier molecular flexibility index (Phi) is 4.37. The van der Waals surface area contributed by atoms with E-state index in [-0.39, 0.29) is 5.69 Å². The number of methoxy groups -OCH3 is 1. The van der Waals surface area contributed by atoms with Crippen LogP contribution < -0.4 is 0 Å². The Morgan fingerprint density at radius 2 is 2.09 bits per heavy atom. The van der Waals surface area contributed by atoms with Crippen molar-refractivity contribution in [2.24, 2.45) is 0 Å². The van der Waals surface area contributed by atoms with Gasteiger partial charge in [0.25, 0.3) is 0 Å². The van der Waals surface area contributed by atoms with Gasteiger partial charge in [0.2, 0.25) is 0 Å². The number of carbonyl (C=O) groups excluding carboxylic acids is 1. The number of esters is 1. The number of aryl methyl sites for hydroxylation is 1. The van der Waals surface area contributed by atoms with Gasteiger partial charge in [-0.25, -0.2) is 14.8 Å². The van der Waals surface area contributed by atoms with E-state index in [4.69, 9.17) is 11.6 Å². The third-order valence-electron chi connectivity index (χ3n) is 3.54. The molecule has 0 aliphatic rings. The van der Waals surface area contributed by atoms with E-state index in [1.165, 1.54) is 7.11 Å². The van der Waals surface area contributed by atoms with Crippen LogP contribution in [0.3, 0.4) is 0 Å². The fourth-order valence-corrected chi connectivity index (χ4v) is 3.09. The van der Waals surface area contributed by atoms with Crippen molar-refractivity contribution in [3.8, 4) is 0 Å². The summed E-state index contributed by atoms with van der Waals surface area (Å²) in [7, 11) is 1.33. The molecule has 7 heteroatoms. The molecule has 0 spiro atoms. The molecule has 0 saturated heterocycles. The van der Waals surface area contributed by atoms with Crippen LogP contribution in [0.1, 0.15) is 21.9 Å². The Labute approximate surface area is 146 Å². The highest BCUT2D eigenvalue weighted by Gasteiger charge is 2.14. The minimum absolute atomic E-state index is 0.242. The second kappa shape index (κ2) is 6.29. The van der Waals surface area contributed by atoms with Gasteiger partial charge in [-0.2, -0.15) is 0 Å². The fourth-order valence-electron chi connectivity index (χ4n) is 2.36. The Morgan fingerprint density at radius 3 is 2.78 bits per heavy atom. The van der Waals surface area contributed by atoms with Gasteiger partial charge in [0.15, 0.2) is 11.3 Å². The molecule has 1 aromatic carbocycles. The molecule has 0 amide bonds. The van der Waals surface area contributed by atoms with Gasteiger partial charge in [-0.1, -0.05) is 33.6 Å². The van der Waals surface area contributed by atoms with Gasteiger partial charge in [0.1, 0.15) is 5.82 Å². The van der Waals surface area contributed by atoms with Crippen LogP contribution in [0.25, 0.3) is 11.2 Å². The third kappa shape index (κ3) is 3.09. The monoisotopic (exact) mass is 393 g/mol. The van der Waals surface area contributed by atoms with Crippen molar-refractivity contribution in [3.63, 3.8) is 0 Å². The molecule has 0 aliphatic carbocycles. The minimum Gasteiger partial charge on any atom is -0.464 e. The molecule has 0 radical (unpaired) electrons. The zero-order chi connectivity index (χ0) is 16.6. The number of rotatable bonds is 3. The SMILES string of the molecule is COC(=O)c1ccc2c(n1)nc(C)n2Cc1ccc(Br)cc1Cl. The molecule has 0 atom stereocenters. The number of aromatic nitrogens is 3. The minimum atomic E-state index is -0.477. The predicted molar refractivity (Wildman–Crippen MR) is 91.9 cm³/mol. The van der Waals surface area contributed by atoms with Gasteiger partial charge >= 0.3 is 5.97 Å². The van der Waals surface area contributed by atoms with Crippen molar-refractivity contribution in [2.75, 3.05) is 7.11 Å². The molecule has 0 aliphatic heterocycles. The molecule has 3 rings (SSSR count). The molecule has 5 nitrogen and oxygen atoms in total. The first-order valence-electron chi connectivity index (χ1n) is 6.85. The van der Waals surface area contributed by atoms with Gasteiger partial charge < -0.3 is 9.30 Å². The molecule has 0 bridgehead atoms. The van der Waals surface area contributed by atoms with Gasteiger partial charge in [-0.05, 0) is 36.8 Å². The van der Waals surface area contributed by atoms with E-state index in [1.807, 2.05) is 35.8 Å². The Balaban J connectivity index is 2.04. The Hall–Kier alpha value is -1.92. The summed E-state index contributed by atoms with van der Waals surface area (Å²) in [5, 5.41) is 0.680. The highest BCUT2D eigenvalue weighted by molar-refractivity contribution is 9.10. The summed E-state index contributed by atoms with van der Waals surface area (Å²) < 4.78 is 7.63. The summed E-state index contributed by atoms with van der Waals surface area (Å²) in [5.41, 5.74) is 2.58. The van der Waals surface area contributed by atoms with E-state index < -0.39 is 5.97 Å². The van der Waals surface area contributed by atoms with Crippen molar-refractivity contribution in [1.82, 2.24) is 14.5 Å². The normalized spacial score (nSPS) is 11.0. The topological polar surface area (TPSA) is 57.0 Å². The molecule has 0 saturated carbocycles. The quantitative estimate of drug-likeness (QED) is 0.630.